The Bertz CT molecular complexity index is 277. The average molecular weight is 194 g/mol. The van der Waals surface area contributed by atoms with E-state index in [1.54, 1.807) is 14.2 Å². The van der Waals surface area contributed by atoms with Crippen molar-refractivity contribution in [1.29, 1.82) is 0 Å². The fourth-order valence-electron chi connectivity index (χ4n) is 1.14. The highest BCUT2D eigenvalue weighted by molar-refractivity contribution is 5.55. The third-order valence-corrected chi connectivity index (χ3v) is 2.11. The Morgan fingerprint density at radius 1 is 1.14 bits per heavy atom. The van der Waals surface area contributed by atoms with Gasteiger partial charge < -0.3 is 14.4 Å². The molecule has 3 nitrogen and oxygen atoms in total. The van der Waals surface area contributed by atoms with Crippen molar-refractivity contribution in [2.45, 2.75) is 0 Å². The van der Waals surface area contributed by atoms with Crippen LogP contribution in [0.3, 0.4) is 0 Å². The number of hydrogen-bond donors (Lipinski definition) is 0. The molecule has 14 heavy (non-hydrogen) atoms. The maximum absolute atomic E-state index is 5.16. The molecule has 3 heteroatoms. The van der Waals surface area contributed by atoms with Gasteiger partial charge in [0.2, 0.25) is 0 Å². The van der Waals surface area contributed by atoms with E-state index in [9.17, 15) is 0 Å². The van der Waals surface area contributed by atoms with Crippen LogP contribution in [0.15, 0.2) is 18.2 Å². The standard InChI is InChI=1S/C11H16NO2/c1-5-12(2)9-6-10(13-3)8-11(7-9)14-4/h6-8H,1,5H2,2-4H3. The van der Waals surface area contributed by atoms with Gasteiger partial charge in [-0.25, -0.2) is 0 Å². The minimum atomic E-state index is 0.705. The Morgan fingerprint density at radius 3 is 2.00 bits per heavy atom. The maximum Gasteiger partial charge on any atom is 0.124 e. The summed E-state index contributed by atoms with van der Waals surface area (Å²) in [5, 5.41) is 0. The zero-order chi connectivity index (χ0) is 10.6. The number of methoxy groups -OCH3 is 2. The van der Waals surface area contributed by atoms with Crippen LogP contribution in [-0.2, 0) is 0 Å². The van der Waals surface area contributed by atoms with Gasteiger partial charge in [-0.05, 0) is 6.92 Å². The molecule has 1 aromatic rings. The number of benzene rings is 1. The Morgan fingerprint density at radius 2 is 1.64 bits per heavy atom. The second-order valence-electron chi connectivity index (χ2n) is 2.99. The van der Waals surface area contributed by atoms with E-state index in [1.165, 1.54) is 0 Å². The smallest absolute Gasteiger partial charge is 0.124 e. The second-order valence-corrected chi connectivity index (χ2v) is 2.99. The quantitative estimate of drug-likeness (QED) is 0.731. The molecule has 0 aliphatic carbocycles. The third-order valence-electron chi connectivity index (χ3n) is 2.11. The van der Waals surface area contributed by atoms with E-state index >= 15 is 0 Å². The predicted octanol–water partition coefficient (Wildman–Crippen LogP) is 1.97. The number of anilines is 1. The lowest BCUT2D eigenvalue weighted by Crippen LogP contribution is -2.15. The first-order chi connectivity index (χ1) is 6.71. The fourth-order valence-corrected chi connectivity index (χ4v) is 1.14. The van der Waals surface area contributed by atoms with Gasteiger partial charge >= 0.3 is 0 Å². The molecular formula is C11H16NO2. The molecule has 77 valence electrons. The molecule has 0 saturated heterocycles. The Hall–Kier alpha value is -1.38. The first-order valence-electron chi connectivity index (χ1n) is 4.44. The van der Waals surface area contributed by atoms with Crippen molar-refractivity contribution < 1.29 is 9.47 Å². The summed E-state index contributed by atoms with van der Waals surface area (Å²) in [6, 6.07) is 5.75. The van der Waals surface area contributed by atoms with Crippen molar-refractivity contribution in [3.05, 3.63) is 25.1 Å². The molecule has 0 saturated carbocycles. The van der Waals surface area contributed by atoms with Crippen LogP contribution in [0, 0.1) is 6.92 Å². The summed E-state index contributed by atoms with van der Waals surface area (Å²) in [7, 11) is 5.26. The van der Waals surface area contributed by atoms with Gasteiger partial charge in [-0.15, -0.1) is 0 Å². The summed E-state index contributed by atoms with van der Waals surface area (Å²) < 4.78 is 10.3. The number of rotatable bonds is 4. The van der Waals surface area contributed by atoms with Gasteiger partial charge in [-0.3, -0.25) is 0 Å². The molecule has 0 atom stereocenters. The van der Waals surface area contributed by atoms with Crippen molar-refractivity contribution in [3.8, 4) is 11.5 Å². The molecule has 0 amide bonds. The zero-order valence-corrected chi connectivity index (χ0v) is 8.91. The zero-order valence-electron chi connectivity index (χ0n) is 8.91. The van der Waals surface area contributed by atoms with Crippen molar-refractivity contribution in [3.63, 3.8) is 0 Å². The highest BCUT2D eigenvalue weighted by Crippen LogP contribution is 2.27. The Kier molecular flexibility index (Phi) is 3.63. The van der Waals surface area contributed by atoms with Crippen LogP contribution in [0.5, 0.6) is 11.5 Å². The van der Waals surface area contributed by atoms with Gasteiger partial charge in [0.15, 0.2) is 0 Å². The molecule has 1 aromatic carbocycles. The minimum absolute atomic E-state index is 0.705. The van der Waals surface area contributed by atoms with Gasteiger partial charge in [-0.2, -0.15) is 0 Å². The molecule has 0 aromatic heterocycles. The Labute approximate surface area is 85.2 Å². The topological polar surface area (TPSA) is 21.7 Å². The molecule has 0 fully saturated rings. The molecule has 1 radical (unpaired) electrons. The largest absolute Gasteiger partial charge is 0.497 e. The van der Waals surface area contributed by atoms with Crippen LogP contribution in [0.25, 0.3) is 0 Å². The van der Waals surface area contributed by atoms with Crippen LogP contribution >= 0.6 is 0 Å². The highest BCUT2D eigenvalue weighted by Gasteiger charge is 2.04. The summed E-state index contributed by atoms with van der Waals surface area (Å²) in [4.78, 5) is 2.02. The van der Waals surface area contributed by atoms with Crippen LogP contribution in [0.4, 0.5) is 5.69 Å². The van der Waals surface area contributed by atoms with E-state index in [4.69, 9.17) is 9.47 Å². The molecule has 0 spiro atoms. The third kappa shape index (κ3) is 2.31. The molecule has 0 N–H and O–H groups in total. The average Bonchev–Trinajstić information content (AvgIpc) is 2.27. The van der Waals surface area contributed by atoms with Crippen LogP contribution in [0.2, 0.25) is 0 Å². The maximum atomic E-state index is 5.16. The minimum Gasteiger partial charge on any atom is -0.497 e. The first kappa shape index (κ1) is 10.7. The predicted molar refractivity (Wildman–Crippen MR) is 58.2 cm³/mol. The SMILES string of the molecule is [CH2]CN(C)c1cc(OC)cc(OC)c1. The monoisotopic (exact) mass is 194 g/mol. The lowest BCUT2D eigenvalue weighted by Gasteiger charge is -2.18. The molecular weight excluding hydrogens is 178 g/mol. The van der Waals surface area contributed by atoms with E-state index in [0.29, 0.717) is 6.54 Å². The van der Waals surface area contributed by atoms with Gasteiger partial charge in [0, 0.05) is 37.5 Å². The molecule has 0 heterocycles. The summed E-state index contributed by atoms with van der Waals surface area (Å²) in [5.41, 5.74) is 1.04. The van der Waals surface area contributed by atoms with E-state index in [1.807, 2.05) is 30.1 Å². The first-order valence-corrected chi connectivity index (χ1v) is 4.44. The molecule has 0 bridgehead atoms. The van der Waals surface area contributed by atoms with Crippen molar-refractivity contribution in [2.75, 3.05) is 32.7 Å². The van der Waals surface area contributed by atoms with Crippen molar-refractivity contribution >= 4 is 5.69 Å². The van der Waals surface area contributed by atoms with Gasteiger partial charge in [0.05, 0.1) is 14.2 Å². The number of ether oxygens (including phenoxy) is 2. The van der Waals surface area contributed by atoms with Crippen molar-refractivity contribution in [1.82, 2.24) is 0 Å². The summed E-state index contributed by atoms with van der Waals surface area (Å²) in [5.74, 6) is 1.58. The van der Waals surface area contributed by atoms with Gasteiger partial charge in [-0.1, -0.05) is 0 Å². The van der Waals surface area contributed by atoms with Crippen LogP contribution in [0.1, 0.15) is 0 Å². The summed E-state index contributed by atoms with van der Waals surface area (Å²) in [6.45, 7) is 4.52. The van der Waals surface area contributed by atoms with Gasteiger partial charge in [0.25, 0.3) is 0 Å². The second kappa shape index (κ2) is 4.74. The fraction of sp³-hybridized carbons (Fsp3) is 0.364. The van der Waals surface area contributed by atoms with Crippen molar-refractivity contribution in [2.24, 2.45) is 0 Å². The summed E-state index contributed by atoms with van der Waals surface area (Å²) in [6.07, 6.45) is 0. The molecule has 0 aliphatic rings. The number of nitrogens with zero attached hydrogens (tertiary/aromatic N) is 1. The number of hydrogen-bond acceptors (Lipinski definition) is 3. The van der Waals surface area contributed by atoms with E-state index < -0.39 is 0 Å². The molecule has 0 unspecified atom stereocenters. The highest BCUT2D eigenvalue weighted by atomic mass is 16.5. The molecule has 0 aliphatic heterocycles. The lowest BCUT2D eigenvalue weighted by atomic mass is 10.2. The van der Waals surface area contributed by atoms with Crippen LogP contribution in [-0.4, -0.2) is 27.8 Å². The van der Waals surface area contributed by atoms with Crippen LogP contribution < -0.4 is 14.4 Å². The molecule has 1 rings (SSSR count). The van der Waals surface area contributed by atoms with Gasteiger partial charge in [0.1, 0.15) is 11.5 Å². The van der Waals surface area contributed by atoms with E-state index in [2.05, 4.69) is 6.92 Å². The normalized spacial score (nSPS) is 9.71. The van der Waals surface area contributed by atoms with E-state index in [-0.39, 0.29) is 0 Å². The van der Waals surface area contributed by atoms with E-state index in [0.717, 1.165) is 17.2 Å². The summed E-state index contributed by atoms with van der Waals surface area (Å²) >= 11 is 0. The lowest BCUT2D eigenvalue weighted by molar-refractivity contribution is 0.394. The Balaban J connectivity index is 3.04.